The Hall–Kier alpha value is -0.120. The van der Waals surface area contributed by atoms with E-state index in [0.29, 0.717) is 5.54 Å². The molecule has 2 N–H and O–H groups in total. The van der Waals surface area contributed by atoms with E-state index < -0.39 is 0 Å². The van der Waals surface area contributed by atoms with E-state index in [4.69, 9.17) is 5.73 Å². The summed E-state index contributed by atoms with van der Waals surface area (Å²) in [6.45, 7) is 8.42. The minimum Gasteiger partial charge on any atom is -0.329 e. The first-order valence-corrected chi connectivity index (χ1v) is 7.99. The number of hydrogen-bond donors (Lipinski definition) is 1. The molecule has 3 aliphatic rings. The zero-order valence-electron chi connectivity index (χ0n) is 11.9. The second kappa shape index (κ2) is 5.10. The van der Waals surface area contributed by atoms with Crippen LogP contribution in [0, 0.1) is 5.92 Å². The third-order valence-corrected chi connectivity index (χ3v) is 5.74. The van der Waals surface area contributed by atoms with Crippen LogP contribution in [0.3, 0.4) is 0 Å². The van der Waals surface area contributed by atoms with Crippen LogP contribution in [0.15, 0.2) is 0 Å². The molecule has 18 heavy (non-hydrogen) atoms. The number of nitrogens with zero attached hydrogens (tertiary/aromatic N) is 2. The highest BCUT2D eigenvalue weighted by atomic mass is 15.3. The molecular weight excluding hydrogens is 222 g/mol. The van der Waals surface area contributed by atoms with Gasteiger partial charge in [0, 0.05) is 31.2 Å². The second-order valence-corrected chi connectivity index (χ2v) is 6.57. The molecule has 0 aromatic heterocycles. The molecule has 3 nitrogen and oxygen atoms in total. The molecule has 3 heteroatoms. The maximum absolute atomic E-state index is 6.22. The van der Waals surface area contributed by atoms with Crippen molar-refractivity contribution in [3.63, 3.8) is 0 Å². The van der Waals surface area contributed by atoms with Crippen LogP contribution in [0.5, 0.6) is 0 Å². The molecule has 3 rings (SSSR count). The fourth-order valence-corrected chi connectivity index (χ4v) is 4.44. The molecule has 3 fully saturated rings. The van der Waals surface area contributed by atoms with Crippen LogP contribution in [0.1, 0.15) is 45.4 Å². The molecule has 0 spiro atoms. The smallest absolute Gasteiger partial charge is 0.0357 e. The van der Waals surface area contributed by atoms with E-state index in [1.165, 1.54) is 64.7 Å². The topological polar surface area (TPSA) is 32.5 Å². The Morgan fingerprint density at radius 2 is 1.89 bits per heavy atom. The molecule has 0 aromatic carbocycles. The van der Waals surface area contributed by atoms with Gasteiger partial charge in [0.1, 0.15) is 0 Å². The lowest BCUT2D eigenvalue weighted by molar-refractivity contribution is 0.0609. The van der Waals surface area contributed by atoms with E-state index in [9.17, 15) is 0 Å². The Bertz CT molecular complexity index is 283. The van der Waals surface area contributed by atoms with Crippen molar-refractivity contribution in [2.75, 3.05) is 32.7 Å². The predicted molar refractivity (Wildman–Crippen MR) is 75.6 cm³/mol. The van der Waals surface area contributed by atoms with Gasteiger partial charge in [0.25, 0.3) is 0 Å². The zero-order valence-corrected chi connectivity index (χ0v) is 11.9. The van der Waals surface area contributed by atoms with Crippen molar-refractivity contribution in [3.8, 4) is 0 Å². The molecule has 1 saturated carbocycles. The van der Waals surface area contributed by atoms with Crippen LogP contribution in [-0.4, -0.2) is 54.1 Å². The van der Waals surface area contributed by atoms with Crippen LogP contribution in [0.2, 0.25) is 0 Å². The van der Waals surface area contributed by atoms with Gasteiger partial charge < -0.3 is 5.73 Å². The van der Waals surface area contributed by atoms with Gasteiger partial charge in [-0.05, 0) is 57.5 Å². The van der Waals surface area contributed by atoms with Crippen LogP contribution in [-0.2, 0) is 0 Å². The standard InChI is InChI=1S/C15H29N3/c1-2-15(12-16,13-6-7-13)18-10-4-9-17-8-3-5-14(17)11-18/h13-14H,2-12,16H2,1H3. The van der Waals surface area contributed by atoms with Gasteiger partial charge in [-0.3, -0.25) is 9.80 Å². The lowest BCUT2D eigenvalue weighted by Crippen LogP contribution is -2.57. The monoisotopic (exact) mass is 251 g/mol. The minimum atomic E-state index is 0.332. The van der Waals surface area contributed by atoms with E-state index in [2.05, 4.69) is 16.7 Å². The highest BCUT2D eigenvalue weighted by Gasteiger charge is 2.48. The summed E-state index contributed by atoms with van der Waals surface area (Å²) >= 11 is 0. The summed E-state index contributed by atoms with van der Waals surface area (Å²) in [5.41, 5.74) is 6.55. The summed E-state index contributed by atoms with van der Waals surface area (Å²) in [7, 11) is 0. The molecule has 0 radical (unpaired) electrons. The van der Waals surface area contributed by atoms with Gasteiger partial charge in [-0.2, -0.15) is 0 Å². The summed E-state index contributed by atoms with van der Waals surface area (Å²) in [6.07, 6.45) is 8.22. The molecule has 1 aliphatic carbocycles. The first-order chi connectivity index (χ1) is 8.80. The first-order valence-electron chi connectivity index (χ1n) is 7.99. The summed E-state index contributed by atoms with van der Waals surface area (Å²) in [4.78, 5) is 5.52. The summed E-state index contributed by atoms with van der Waals surface area (Å²) < 4.78 is 0. The summed E-state index contributed by atoms with van der Waals surface area (Å²) in [5, 5.41) is 0. The lowest BCUT2D eigenvalue weighted by atomic mass is 9.87. The van der Waals surface area contributed by atoms with E-state index in [1.54, 1.807) is 0 Å². The highest BCUT2D eigenvalue weighted by molar-refractivity contribution is 5.04. The molecule has 0 bridgehead atoms. The number of rotatable bonds is 4. The molecule has 2 atom stereocenters. The molecule has 0 aromatic rings. The zero-order chi connectivity index (χ0) is 12.6. The normalized spacial score (nSPS) is 34.0. The highest BCUT2D eigenvalue weighted by Crippen LogP contribution is 2.45. The summed E-state index contributed by atoms with van der Waals surface area (Å²) in [6, 6.07) is 0.823. The van der Waals surface area contributed by atoms with Crippen molar-refractivity contribution in [1.29, 1.82) is 0 Å². The number of nitrogens with two attached hydrogens (primary N) is 1. The average Bonchev–Trinajstić information content (AvgIpc) is 3.18. The number of fused-ring (bicyclic) bond motifs is 1. The van der Waals surface area contributed by atoms with Gasteiger partial charge in [-0.1, -0.05) is 6.92 Å². The van der Waals surface area contributed by atoms with E-state index in [1.807, 2.05) is 0 Å². The third kappa shape index (κ3) is 2.10. The van der Waals surface area contributed by atoms with Crippen LogP contribution in [0.4, 0.5) is 0 Å². The largest absolute Gasteiger partial charge is 0.329 e. The molecular formula is C15H29N3. The van der Waals surface area contributed by atoms with Gasteiger partial charge in [-0.25, -0.2) is 0 Å². The van der Waals surface area contributed by atoms with Gasteiger partial charge >= 0.3 is 0 Å². The van der Waals surface area contributed by atoms with E-state index >= 15 is 0 Å². The molecule has 104 valence electrons. The van der Waals surface area contributed by atoms with Gasteiger partial charge in [0.15, 0.2) is 0 Å². The first kappa shape index (κ1) is 12.9. The van der Waals surface area contributed by atoms with Gasteiger partial charge in [0.2, 0.25) is 0 Å². The lowest BCUT2D eigenvalue weighted by Gasteiger charge is -2.44. The molecule has 2 unspecified atom stereocenters. The molecule has 2 saturated heterocycles. The summed E-state index contributed by atoms with van der Waals surface area (Å²) in [5.74, 6) is 0.889. The Balaban J connectivity index is 1.76. The Morgan fingerprint density at radius 1 is 1.11 bits per heavy atom. The molecule has 2 heterocycles. The minimum absolute atomic E-state index is 0.332. The van der Waals surface area contributed by atoms with Gasteiger partial charge in [-0.15, -0.1) is 0 Å². The van der Waals surface area contributed by atoms with Crippen molar-refractivity contribution in [1.82, 2.24) is 9.80 Å². The van der Waals surface area contributed by atoms with Crippen LogP contribution in [0.25, 0.3) is 0 Å². The van der Waals surface area contributed by atoms with E-state index in [0.717, 1.165) is 18.5 Å². The Labute approximate surface area is 112 Å². The van der Waals surface area contributed by atoms with Crippen molar-refractivity contribution >= 4 is 0 Å². The quantitative estimate of drug-likeness (QED) is 0.825. The predicted octanol–water partition coefficient (Wildman–Crippen LogP) is 1.67. The Morgan fingerprint density at radius 3 is 2.56 bits per heavy atom. The fraction of sp³-hybridized carbons (Fsp3) is 1.00. The maximum Gasteiger partial charge on any atom is 0.0357 e. The average molecular weight is 251 g/mol. The van der Waals surface area contributed by atoms with Crippen molar-refractivity contribution in [3.05, 3.63) is 0 Å². The fourth-order valence-electron chi connectivity index (χ4n) is 4.44. The maximum atomic E-state index is 6.22. The molecule has 0 amide bonds. The van der Waals surface area contributed by atoms with E-state index in [-0.39, 0.29) is 0 Å². The second-order valence-electron chi connectivity index (χ2n) is 6.57. The van der Waals surface area contributed by atoms with Crippen molar-refractivity contribution in [2.45, 2.75) is 57.0 Å². The number of hydrogen-bond acceptors (Lipinski definition) is 3. The van der Waals surface area contributed by atoms with Gasteiger partial charge in [0.05, 0.1) is 0 Å². The Kier molecular flexibility index (Phi) is 3.65. The van der Waals surface area contributed by atoms with Crippen molar-refractivity contribution in [2.24, 2.45) is 11.7 Å². The van der Waals surface area contributed by atoms with Crippen LogP contribution >= 0.6 is 0 Å². The molecule has 2 aliphatic heterocycles. The SMILES string of the molecule is CCC(CN)(C1CC1)N1CCCN2CCCC2C1. The third-order valence-electron chi connectivity index (χ3n) is 5.74. The van der Waals surface area contributed by atoms with Crippen LogP contribution < -0.4 is 5.73 Å². The van der Waals surface area contributed by atoms with Crippen molar-refractivity contribution < 1.29 is 0 Å².